The summed E-state index contributed by atoms with van der Waals surface area (Å²) in [5.74, 6) is -2.46. The van der Waals surface area contributed by atoms with E-state index in [1.807, 2.05) is 54.6 Å². The molecule has 4 bridgehead atoms. The minimum absolute atomic E-state index is 0.163. The predicted molar refractivity (Wildman–Crippen MR) is 168 cm³/mol. The molecular formula is C35H28Cl4O3. The highest BCUT2D eigenvalue weighted by Gasteiger charge is 2.96. The third kappa shape index (κ3) is 2.49. The average Bonchev–Trinajstić information content (AvgIpc) is 3.42. The van der Waals surface area contributed by atoms with Crippen LogP contribution in [0.25, 0.3) is 11.1 Å². The van der Waals surface area contributed by atoms with Crippen molar-refractivity contribution in [1.82, 2.24) is 0 Å². The summed E-state index contributed by atoms with van der Waals surface area (Å²) in [5, 5.41) is 0.478. The summed E-state index contributed by atoms with van der Waals surface area (Å²) in [6.07, 6.45) is 0. The molecule has 0 aromatic heterocycles. The highest BCUT2D eigenvalue weighted by Crippen LogP contribution is 2.90. The molecule has 0 N–H and O–H groups in total. The quantitative estimate of drug-likeness (QED) is 0.209. The second kappa shape index (κ2) is 8.53. The molecule has 0 heterocycles. The van der Waals surface area contributed by atoms with Gasteiger partial charge in [0.25, 0.3) is 0 Å². The second-order valence-electron chi connectivity index (χ2n) is 12.4. The second-order valence-corrected chi connectivity index (χ2v) is 14.3. The summed E-state index contributed by atoms with van der Waals surface area (Å²) in [6, 6.07) is 30.6. The first-order valence-electron chi connectivity index (χ1n) is 14.2. The molecule has 0 unspecified atom stereocenters. The van der Waals surface area contributed by atoms with Crippen LogP contribution in [0.3, 0.4) is 0 Å². The van der Waals surface area contributed by atoms with E-state index in [4.69, 9.17) is 55.9 Å². The van der Waals surface area contributed by atoms with Crippen molar-refractivity contribution < 1.29 is 14.3 Å². The van der Waals surface area contributed by atoms with E-state index in [0.29, 0.717) is 0 Å². The molecule has 7 heteroatoms. The van der Waals surface area contributed by atoms with Crippen molar-refractivity contribution in [2.45, 2.75) is 27.9 Å². The Hall–Kier alpha value is -2.11. The van der Waals surface area contributed by atoms with Crippen molar-refractivity contribution in [2.24, 2.45) is 29.1 Å². The number of hydrogen-bond donors (Lipinski definition) is 0. The lowest BCUT2D eigenvalue weighted by molar-refractivity contribution is -0.219. The number of ketones is 1. The van der Waals surface area contributed by atoms with Gasteiger partial charge in [-0.15, -0.1) is 23.2 Å². The number of Topliss-reactive ketones (excluding diaryl/α,β-unsaturated/α-hetero) is 1. The van der Waals surface area contributed by atoms with Crippen molar-refractivity contribution in [1.29, 1.82) is 0 Å². The van der Waals surface area contributed by atoms with Gasteiger partial charge in [0, 0.05) is 14.2 Å². The highest BCUT2D eigenvalue weighted by molar-refractivity contribution is 6.52. The van der Waals surface area contributed by atoms with E-state index in [0.717, 1.165) is 27.8 Å². The van der Waals surface area contributed by atoms with Crippen LogP contribution in [0.15, 0.2) is 101 Å². The number of fused-ring (bicyclic) bond motifs is 12. The maximum atomic E-state index is 15.5. The summed E-state index contributed by atoms with van der Waals surface area (Å²) < 4.78 is 12.3. The molecule has 0 spiro atoms. The SMILES string of the molecule is COC1(OC)[C@@]2(Cl)C(Cl)=C(Cl)[C@@]1(Cl)[C@H]1[C@@H]3[C@@H]([C@H]12)[C@@]1(c2ccccc2)C(=O)[C@@]3(C)C(c2ccccc2)=C1c1ccccc1. The average molecular weight is 638 g/mol. The van der Waals surface area contributed by atoms with E-state index in [-0.39, 0.29) is 39.5 Å². The van der Waals surface area contributed by atoms with Crippen LogP contribution in [0.4, 0.5) is 0 Å². The molecule has 3 aromatic rings. The molecule has 3 nitrogen and oxygen atoms in total. The molecule has 8 rings (SSSR count). The Bertz CT molecular complexity index is 1720. The summed E-state index contributed by atoms with van der Waals surface area (Å²) in [4.78, 5) is 12.7. The molecule has 5 aliphatic carbocycles. The summed E-state index contributed by atoms with van der Waals surface area (Å²) >= 11 is 29.4. The van der Waals surface area contributed by atoms with Gasteiger partial charge in [-0.3, -0.25) is 4.79 Å². The van der Waals surface area contributed by atoms with Gasteiger partial charge in [0.15, 0.2) is 5.78 Å². The number of carbonyl (C=O) groups excluding carboxylic acids is 1. The standard InChI is InChI=1S/C35H28Cl4O3/c1-31-22(19-13-7-4-8-14-19)23(20-15-9-5-10-16-20)32(30(31)40,21-17-11-6-12-18-21)25-24(31)26-27(25)34(39)29(37)28(36)33(26,38)35(34,41-2)42-3/h4-18,24-27H,1-3H3/t24-,25-,26-,27+,31-,32-,33-,34-/m0/s1. The minimum Gasteiger partial charge on any atom is -0.350 e. The smallest absolute Gasteiger partial charge is 0.217 e. The molecule has 0 radical (unpaired) electrons. The van der Waals surface area contributed by atoms with E-state index in [2.05, 4.69) is 43.3 Å². The first-order chi connectivity index (χ1) is 20.1. The molecule has 3 aromatic carbocycles. The third-order valence-corrected chi connectivity index (χ3v) is 14.0. The lowest BCUT2D eigenvalue weighted by Gasteiger charge is -2.62. The summed E-state index contributed by atoms with van der Waals surface area (Å²) in [7, 11) is 3.07. The molecule has 0 amide bonds. The Labute approximate surface area is 265 Å². The Kier molecular flexibility index (Phi) is 5.57. The number of halogens is 4. The molecule has 5 aliphatic rings. The van der Waals surface area contributed by atoms with Crippen LogP contribution >= 0.6 is 46.4 Å². The Morgan fingerprint density at radius 1 is 0.619 bits per heavy atom. The fourth-order valence-electron chi connectivity index (χ4n) is 10.2. The van der Waals surface area contributed by atoms with Gasteiger partial charge in [-0.25, -0.2) is 0 Å². The van der Waals surface area contributed by atoms with Gasteiger partial charge >= 0.3 is 0 Å². The molecule has 0 saturated heterocycles. The van der Waals surface area contributed by atoms with Crippen molar-refractivity contribution in [3.8, 4) is 0 Å². The first kappa shape index (κ1) is 27.4. The van der Waals surface area contributed by atoms with Gasteiger partial charge in [-0.05, 0) is 58.4 Å². The fourth-order valence-corrected chi connectivity index (χ4v) is 12.5. The van der Waals surface area contributed by atoms with Crippen molar-refractivity contribution in [3.63, 3.8) is 0 Å². The Balaban J connectivity index is 1.51. The van der Waals surface area contributed by atoms with E-state index in [9.17, 15) is 0 Å². The number of alkyl halides is 2. The maximum Gasteiger partial charge on any atom is 0.217 e. The van der Waals surface area contributed by atoms with Gasteiger partial charge in [0.2, 0.25) is 5.79 Å². The number of ether oxygens (including phenoxy) is 2. The number of carbonyl (C=O) groups is 1. The zero-order valence-electron chi connectivity index (χ0n) is 23.2. The summed E-state index contributed by atoms with van der Waals surface area (Å²) in [5.41, 5.74) is 3.11. The monoisotopic (exact) mass is 636 g/mol. The summed E-state index contributed by atoms with van der Waals surface area (Å²) in [6.45, 7) is 2.10. The van der Waals surface area contributed by atoms with Crippen LogP contribution in [0.1, 0.15) is 23.6 Å². The maximum absolute atomic E-state index is 15.5. The molecule has 0 aliphatic heterocycles. The number of benzene rings is 3. The van der Waals surface area contributed by atoms with Crippen LogP contribution in [-0.2, 0) is 19.7 Å². The van der Waals surface area contributed by atoms with Crippen LogP contribution in [0.2, 0.25) is 0 Å². The van der Waals surface area contributed by atoms with E-state index in [1.165, 1.54) is 14.2 Å². The minimum atomic E-state index is -1.52. The van der Waals surface area contributed by atoms with E-state index in [1.54, 1.807) is 0 Å². The van der Waals surface area contributed by atoms with Gasteiger partial charge in [0.05, 0.1) is 20.9 Å². The normalized spacial score (nSPS) is 40.4. The van der Waals surface area contributed by atoms with Crippen LogP contribution in [-0.4, -0.2) is 35.5 Å². The van der Waals surface area contributed by atoms with E-state index < -0.39 is 26.4 Å². The zero-order valence-corrected chi connectivity index (χ0v) is 26.2. The van der Waals surface area contributed by atoms with E-state index >= 15 is 4.79 Å². The predicted octanol–water partition coefficient (Wildman–Crippen LogP) is 8.28. The van der Waals surface area contributed by atoms with Crippen molar-refractivity contribution in [2.75, 3.05) is 14.2 Å². The topological polar surface area (TPSA) is 35.5 Å². The number of rotatable bonds is 5. The number of allylic oxidation sites excluding steroid dienone is 2. The molecular weight excluding hydrogens is 610 g/mol. The molecule has 3 saturated carbocycles. The number of methoxy groups -OCH3 is 2. The van der Waals surface area contributed by atoms with Crippen molar-refractivity contribution in [3.05, 3.63) is 118 Å². The van der Waals surface area contributed by atoms with Crippen LogP contribution < -0.4 is 0 Å². The van der Waals surface area contributed by atoms with Crippen LogP contribution in [0.5, 0.6) is 0 Å². The zero-order chi connectivity index (χ0) is 29.4. The van der Waals surface area contributed by atoms with Crippen LogP contribution in [0, 0.1) is 29.1 Å². The Morgan fingerprint density at radius 3 is 1.52 bits per heavy atom. The van der Waals surface area contributed by atoms with Gasteiger partial charge < -0.3 is 9.47 Å². The molecule has 214 valence electrons. The Morgan fingerprint density at radius 2 is 1.05 bits per heavy atom. The molecule has 8 atom stereocenters. The fraction of sp³-hybridized carbons (Fsp3) is 0.343. The highest BCUT2D eigenvalue weighted by atomic mass is 35.5. The van der Waals surface area contributed by atoms with Gasteiger partial charge in [-0.1, -0.05) is 114 Å². The first-order valence-corrected chi connectivity index (χ1v) is 15.7. The molecule has 3 fully saturated rings. The lowest BCUT2D eigenvalue weighted by atomic mass is 9.41. The third-order valence-electron chi connectivity index (χ3n) is 11.3. The van der Waals surface area contributed by atoms with Gasteiger partial charge in [-0.2, -0.15) is 0 Å². The molecule has 42 heavy (non-hydrogen) atoms. The number of hydrogen-bond acceptors (Lipinski definition) is 3. The lowest BCUT2D eigenvalue weighted by Crippen LogP contribution is -2.63. The van der Waals surface area contributed by atoms with Crippen molar-refractivity contribution >= 4 is 63.3 Å². The largest absolute Gasteiger partial charge is 0.350 e. The van der Waals surface area contributed by atoms with Gasteiger partial charge in [0.1, 0.15) is 9.75 Å².